The lowest BCUT2D eigenvalue weighted by molar-refractivity contribution is 0.0697. The highest BCUT2D eigenvalue weighted by Crippen LogP contribution is 2.26. The van der Waals surface area contributed by atoms with Gasteiger partial charge in [0.25, 0.3) is 0 Å². The zero-order valence-electron chi connectivity index (χ0n) is 9.33. The van der Waals surface area contributed by atoms with Crippen LogP contribution in [0.1, 0.15) is 10.4 Å². The molecule has 0 aliphatic carbocycles. The molecule has 1 N–H and O–H groups in total. The number of carbonyl (C=O) groups excluding carboxylic acids is 1. The molecule has 0 aromatic heterocycles. The van der Waals surface area contributed by atoms with Gasteiger partial charge in [0, 0.05) is 0 Å². The Hall–Kier alpha value is -2.71. The third-order valence-electron chi connectivity index (χ3n) is 2.49. The average molecular weight is 239 g/mol. The summed E-state index contributed by atoms with van der Waals surface area (Å²) in [5, 5.41) is 9.11. The summed E-state index contributed by atoms with van der Waals surface area (Å²) in [5.74, 6) is -0.991. The van der Waals surface area contributed by atoms with Crippen LogP contribution in [0, 0.1) is 0 Å². The number of carboxylic acid groups (broad SMARTS) is 1. The van der Waals surface area contributed by atoms with Crippen LogP contribution in [0.25, 0.3) is 11.1 Å². The highest BCUT2D eigenvalue weighted by molar-refractivity contribution is 5.96. The van der Waals surface area contributed by atoms with Crippen molar-refractivity contribution in [2.24, 2.45) is 4.99 Å². The van der Waals surface area contributed by atoms with Gasteiger partial charge in [-0.3, -0.25) is 0 Å². The van der Waals surface area contributed by atoms with E-state index in [0.29, 0.717) is 16.8 Å². The van der Waals surface area contributed by atoms with Gasteiger partial charge in [-0.15, -0.1) is 0 Å². The van der Waals surface area contributed by atoms with Crippen LogP contribution in [-0.4, -0.2) is 17.2 Å². The highest BCUT2D eigenvalue weighted by atomic mass is 16.4. The summed E-state index contributed by atoms with van der Waals surface area (Å²) >= 11 is 0. The molecule has 88 valence electrons. The summed E-state index contributed by atoms with van der Waals surface area (Å²) in [6.07, 6.45) is 1.46. The largest absolute Gasteiger partial charge is 0.478 e. The molecule has 18 heavy (non-hydrogen) atoms. The number of hydrogen-bond acceptors (Lipinski definition) is 3. The predicted molar refractivity (Wildman–Crippen MR) is 66.6 cm³/mol. The summed E-state index contributed by atoms with van der Waals surface area (Å²) in [7, 11) is 0. The van der Waals surface area contributed by atoms with Crippen molar-refractivity contribution in [2.75, 3.05) is 0 Å². The van der Waals surface area contributed by atoms with E-state index >= 15 is 0 Å². The molecule has 0 bridgehead atoms. The van der Waals surface area contributed by atoms with Crippen LogP contribution >= 0.6 is 0 Å². The van der Waals surface area contributed by atoms with Crippen LogP contribution < -0.4 is 0 Å². The van der Waals surface area contributed by atoms with Crippen molar-refractivity contribution in [1.29, 1.82) is 0 Å². The number of carboxylic acids is 1. The Balaban J connectivity index is 2.58. The van der Waals surface area contributed by atoms with E-state index in [0.717, 1.165) is 0 Å². The van der Waals surface area contributed by atoms with E-state index in [-0.39, 0.29) is 5.56 Å². The van der Waals surface area contributed by atoms with Crippen molar-refractivity contribution in [1.82, 2.24) is 0 Å². The Labute approximate surface area is 103 Å². The van der Waals surface area contributed by atoms with E-state index in [2.05, 4.69) is 4.99 Å². The van der Waals surface area contributed by atoms with Crippen LogP contribution in [0.2, 0.25) is 0 Å². The minimum Gasteiger partial charge on any atom is -0.478 e. The van der Waals surface area contributed by atoms with E-state index in [1.165, 1.54) is 12.1 Å². The van der Waals surface area contributed by atoms with Crippen molar-refractivity contribution in [2.45, 2.75) is 0 Å². The first-order chi connectivity index (χ1) is 8.72. The number of benzene rings is 2. The molecule has 0 atom stereocenters. The van der Waals surface area contributed by atoms with Crippen molar-refractivity contribution in [3.63, 3.8) is 0 Å². The van der Waals surface area contributed by atoms with Crippen molar-refractivity contribution in [3.05, 3.63) is 54.1 Å². The Morgan fingerprint density at radius 2 is 1.89 bits per heavy atom. The maximum Gasteiger partial charge on any atom is 0.336 e. The number of rotatable bonds is 3. The molecule has 0 spiro atoms. The highest BCUT2D eigenvalue weighted by Gasteiger charge is 2.10. The molecule has 0 saturated carbocycles. The monoisotopic (exact) mass is 239 g/mol. The fraction of sp³-hybridized carbons (Fsp3) is 0. The predicted octanol–water partition coefficient (Wildman–Crippen LogP) is 3.02. The third-order valence-corrected chi connectivity index (χ3v) is 2.49. The molecule has 0 heterocycles. The van der Waals surface area contributed by atoms with Gasteiger partial charge in [0.05, 0.1) is 11.3 Å². The van der Waals surface area contributed by atoms with E-state index < -0.39 is 5.97 Å². The number of carbonyl (C=O) groups is 1. The Morgan fingerprint density at radius 1 is 1.11 bits per heavy atom. The second kappa shape index (κ2) is 5.08. The number of aromatic carboxylic acids is 1. The van der Waals surface area contributed by atoms with E-state index in [9.17, 15) is 9.59 Å². The van der Waals surface area contributed by atoms with Crippen molar-refractivity contribution < 1.29 is 14.7 Å². The van der Waals surface area contributed by atoms with Crippen LogP contribution in [-0.2, 0) is 4.79 Å². The van der Waals surface area contributed by atoms with Gasteiger partial charge in [-0.25, -0.2) is 9.59 Å². The summed E-state index contributed by atoms with van der Waals surface area (Å²) < 4.78 is 0. The molecule has 4 nitrogen and oxygen atoms in total. The Morgan fingerprint density at radius 3 is 2.61 bits per heavy atom. The van der Waals surface area contributed by atoms with Gasteiger partial charge in [-0.2, -0.15) is 4.99 Å². The standard InChI is InChI=1S/C14H9NO3/c16-9-15-11-5-3-4-10(8-11)12-6-1-2-7-13(12)14(17)18/h1-8H,(H,17,18). The number of aliphatic imine (C=N–C) groups is 1. The summed E-state index contributed by atoms with van der Waals surface area (Å²) in [4.78, 5) is 24.8. The fourth-order valence-corrected chi connectivity index (χ4v) is 1.72. The lowest BCUT2D eigenvalue weighted by atomic mass is 9.99. The topological polar surface area (TPSA) is 66.7 Å². The van der Waals surface area contributed by atoms with Crippen LogP contribution in [0.4, 0.5) is 5.69 Å². The van der Waals surface area contributed by atoms with E-state index in [1.807, 2.05) is 0 Å². The first-order valence-corrected chi connectivity index (χ1v) is 5.23. The number of nitrogens with zero attached hydrogens (tertiary/aromatic N) is 1. The summed E-state index contributed by atoms with van der Waals surface area (Å²) in [6, 6.07) is 13.5. The average Bonchev–Trinajstić information content (AvgIpc) is 2.39. The van der Waals surface area contributed by atoms with E-state index in [4.69, 9.17) is 5.11 Å². The molecule has 0 saturated heterocycles. The van der Waals surface area contributed by atoms with Crippen LogP contribution in [0.5, 0.6) is 0 Å². The van der Waals surface area contributed by atoms with Crippen LogP contribution in [0.15, 0.2) is 53.5 Å². The molecule has 0 radical (unpaired) electrons. The molecular formula is C14H9NO3. The Kier molecular flexibility index (Phi) is 3.32. The zero-order chi connectivity index (χ0) is 13.0. The SMILES string of the molecule is O=C=Nc1cccc(-c2ccccc2C(=O)O)c1. The van der Waals surface area contributed by atoms with E-state index in [1.54, 1.807) is 42.5 Å². The molecular weight excluding hydrogens is 230 g/mol. The molecule has 0 unspecified atom stereocenters. The van der Waals surface area contributed by atoms with Gasteiger partial charge in [0.15, 0.2) is 0 Å². The second-order valence-corrected chi connectivity index (χ2v) is 3.60. The second-order valence-electron chi connectivity index (χ2n) is 3.60. The molecule has 0 aliphatic rings. The fourth-order valence-electron chi connectivity index (χ4n) is 1.72. The van der Waals surface area contributed by atoms with Crippen LogP contribution in [0.3, 0.4) is 0 Å². The molecule has 4 heteroatoms. The normalized spacial score (nSPS) is 9.56. The molecule has 2 aromatic carbocycles. The molecule has 0 fully saturated rings. The van der Waals surface area contributed by atoms with Gasteiger partial charge >= 0.3 is 5.97 Å². The number of isocyanates is 1. The molecule has 0 amide bonds. The maximum absolute atomic E-state index is 11.1. The van der Waals surface area contributed by atoms with Crippen molar-refractivity contribution in [3.8, 4) is 11.1 Å². The minimum absolute atomic E-state index is 0.213. The first-order valence-electron chi connectivity index (χ1n) is 5.23. The Bertz CT molecular complexity index is 643. The summed E-state index contributed by atoms with van der Waals surface area (Å²) in [6.45, 7) is 0. The first kappa shape index (κ1) is 11.8. The maximum atomic E-state index is 11.1. The molecule has 2 aromatic rings. The lowest BCUT2D eigenvalue weighted by Crippen LogP contribution is -1.98. The third kappa shape index (κ3) is 2.34. The lowest BCUT2D eigenvalue weighted by Gasteiger charge is -2.06. The molecule has 0 aliphatic heterocycles. The van der Waals surface area contributed by atoms with Gasteiger partial charge in [-0.05, 0) is 29.3 Å². The minimum atomic E-state index is -0.991. The number of hydrogen-bond donors (Lipinski definition) is 1. The smallest absolute Gasteiger partial charge is 0.336 e. The van der Waals surface area contributed by atoms with Crippen molar-refractivity contribution >= 4 is 17.7 Å². The van der Waals surface area contributed by atoms with Gasteiger partial charge in [0.2, 0.25) is 6.08 Å². The van der Waals surface area contributed by atoms with Gasteiger partial charge in [0.1, 0.15) is 0 Å². The van der Waals surface area contributed by atoms with Gasteiger partial charge in [-0.1, -0.05) is 30.3 Å². The quantitative estimate of drug-likeness (QED) is 0.661. The molecule has 2 rings (SSSR count). The zero-order valence-corrected chi connectivity index (χ0v) is 9.33. The summed E-state index contributed by atoms with van der Waals surface area (Å²) in [5.41, 5.74) is 1.95. The van der Waals surface area contributed by atoms with Gasteiger partial charge < -0.3 is 5.11 Å².